The number of rotatable bonds is 5. The largest absolute Gasteiger partial charge is 0.348 e. The number of nitrogens with one attached hydrogen (secondary N) is 1. The highest BCUT2D eigenvalue weighted by atomic mass is 32.2. The minimum Gasteiger partial charge on any atom is -0.348 e. The van der Waals surface area contributed by atoms with Gasteiger partial charge < -0.3 is 5.32 Å². The van der Waals surface area contributed by atoms with Gasteiger partial charge in [-0.05, 0) is 24.8 Å². The standard InChI is InChI=1S/C12H17NOS2/c1-3-9(8-16-2)13-12(14)10-6-4-5-7-11(10)15/h4-7,9,15H,3,8H2,1-2H3,(H,13,14). The van der Waals surface area contributed by atoms with Crippen molar-refractivity contribution in [3.63, 3.8) is 0 Å². The van der Waals surface area contributed by atoms with Crippen LogP contribution in [0, 0.1) is 0 Å². The highest BCUT2D eigenvalue weighted by molar-refractivity contribution is 7.98. The van der Waals surface area contributed by atoms with E-state index in [0.717, 1.165) is 17.1 Å². The molecule has 0 saturated heterocycles. The van der Waals surface area contributed by atoms with Crippen LogP contribution in [-0.4, -0.2) is 24.0 Å². The maximum absolute atomic E-state index is 11.9. The number of thiol groups is 1. The molecule has 1 amide bonds. The van der Waals surface area contributed by atoms with Gasteiger partial charge in [-0.15, -0.1) is 12.6 Å². The molecule has 0 aliphatic carbocycles. The Morgan fingerprint density at radius 3 is 2.75 bits per heavy atom. The van der Waals surface area contributed by atoms with Crippen molar-refractivity contribution in [3.8, 4) is 0 Å². The lowest BCUT2D eigenvalue weighted by atomic mass is 10.2. The summed E-state index contributed by atoms with van der Waals surface area (Å²) in [5.41, 5.74) is 0.644. The Morgan fingerprint density at radius 2 is 2.19 bits per heavy atom. The molecule has 0 fully saturated rings. The summed E-state index contributed by atoms with van der Waals surface area (Å²) >= 11 is 6.02. The lowest BCUT2D eigenvalue weighted by Gasteiger charge is -2.16. The lowest BCUT2D eigenvalue weighted by molar-refractivity contribution is 0.0937. The molecule has 1 rings (SSSR count). The van der Waals surface area contributed by atoms with Crippen LogP contribution in [0.4, 0.5) is 0 Å². The second kappa shape index (κ2) is 6.86. The van der Waals surface area contributed by atoms with Gasteiger partial charge in [0.1, 0.15) is 0 Å². The molecule has 0 saturated carbocycles. The van der Waals surface area contributed by atoms with E-state index in [-0.39, 0.29) is 11.9 Å². The molecule has 0 bridgehead atoms. The zero-order chi connectivity index (χ0) is 12.0. The Labute approximate surface area is 107 Å². The van der Waals surface area contributed by atoms with Crippen LogP contribution < -0.4 is 5.32 Å². The average Bonchev–Trinajstić information content (AvgIpc) is 2.28. The minimum atomic E-state index is -0.0356. The zero-order valence-corrected chi connectivity index (χ0v) is 11.3. The van der Waals surface area contributed by atoms with Gasteiger partial charge in [-0.25, -0.2) is 0 Å². The molecule has 88 valence electrons. The van der Waals surface area contributed by atoms with Crippen molar-refractivity contribution in [2.75, 3.05) is 12.0 Å². The van der Waals surface area contributed by atoms with Crippen molar-refractivity contribution in [2.45, 2.75) is 24.3 Å². The van der Waals surface area contributed by atoms with E-state index in [9.17, 15) is 4.79 Å². The van der Waals surface area contributed by atoms with Gasteiger partial charge in [0.2, 0.25) is 0 Å². The maximum atomic E-state index is 11.9. The Hall–Kier alpha value is -0.610. The van der Waals surface area contributed by atoms with Gasteiger partial charge in [-0.1, -0.05) is 19.1 Å². The zero-order valence-electron chi connectivity index (χ0n) is 9.56. The molecule has 1 aromatic carbocycles. The van der Waals surface area contributed by atoms with E-state index in [2.05, 4.69) is 24.9 Å². The van der Waals surface area contributed by atoms with E-state index in [0.29, 0.717) is 5.56 Å². The molecule has 1 aromatic rings. The third kappa shape index (κ3) is 3.76. The van der Waals surface area contributed by atoms with E-state index in [1.807, 2.05) is 24.5 Å². The predicted molar refractivity (Wildman–Crippen MR) is 73.6 cm³/mol. The highest BCUT2D eigenvalue weighted by Crippen LogP contribution is 2.13. The smallest absolute Gasteiger partial charge is 0.252 e. The minimum absolute atomic E-state index is 0.0356. The molecule has 0 aliphatic rings. The summed E-state index contributed by atoms with van der Waals surface area (Å²) in [5.74, 6) is 0.906. The van der Waals surface area contributed by atoms with Crippen molar-refractivity contribution < 1.29 is 4.79 Å². The molecule has 0 aliphatic heterocycles. The first-order valence-electron chi connectivity index (χ1n) is 5.26. The van der Waals surface area contributed by atoms with Crippen LogP contribution in [0.3, 0.4) is 0 Å². The number of amides is 1. The normalized spacial score (nSPS) is 12.2. The van der Waals surface area contributed by atoms with E-state index in [4.69, 9.17) is 0 Å². The van der Waals surface area contributed by atoms with Crippen molar-refractivity contribution in [3.05, 3.63) is 29.8 Å². The van der Waals surface area contributed by atoms with Crippen molar-refractivity contribution in [1.29, 1.82) is 0 Å². The molecule has 0 spiro atoms. The highest BCUT2D eigenvalue weighted by Gasteiger charge is 2.13. The second-order valence-corrected chi connectivity index (χ2v) is 4.94. The molecule has 1 atom stereocenters. The van der Waals surface area contributed by atoms with Crippen LogP contribution in [0.15, 0.2) is 29.2 Å². The van der Waals surface area contributed by atoms with Crippen LogP contribution in [0.1, 0.15) is 23.7 Å². The summed E-state index contributed by atoms with van der Waals surface area (Å²) < 4.78 is 0. The molecule has 16 heavy (non-hydrogen) atoms. The topological polar surface area (TPSA) is 29.1 Å². The molecule has 1 N–H and O–H groups in total. The third-order valence-corrected chi connectivity index (χ3v) is 3.47. The third-order valence-electron chi connectivity index (χ3n) is 2.34. The first-order valence-corrected chi connectivity index (χ1v) is 7.11. The fourth-order valence-corrected chi connectivity index (χ4v) is 2.38. The molecule has 0 heterocycles. The van der Waals surface area contributed by atoms with Gasteiger partial charge in [0.25, 0.3) is 5.91 Å². The molecule has 2 nitrogen and oxygen atoms in total. The average molecular weight is 255 g/mol. The quantitative estimate of drug-likeness (QED) is 0.792. The van der Waals surface area contributed by atoms with Gasteiger partial charge in [-0.2, -0.15) is 11.8 Å². The van der Waals surface area contributed by atoms with Gasteiger partial charge >= 0.3 is 0 Å². The molecular formula is C12H17NOS2. The van der Waals surface area contributed by atoms with E-state index in [1.54, 1.807) is 17.8 Å². The number of hydrogen-bond donors (Lipinski definition) is 2. The van der Waals surface area contributed by atoms with Gasteiger partial charge in [0.05, 0.1) is 5.56 Å². The van der Waals surface area contributed by atoms with Crippen molar-refractivity contribution >= 4 is 30.3 Å². The summed E-state index contributed by atoms with van der Waals surface area (Å²) in [6.07, 6.45) is 2.99. The van der Waals surface area contributed by atoms with Crippen LogP contribution in [0.2, 0.25) is 0 Å². The van der Waals surface area contributed by atoms with E-state index < -0.39 is 0 Å². The number of benzene rings is 1. The molecule has 4 heteroatoms. The fraction of sp³-hybridized carbons (Fsp3) is 0.417. The second-order valence-electron chi connectivity index (χ2n) is 3.55. The molecule has 1 unspecified atom stereocenters. The molecule has 0 radical (unpaired) electrons. The summed E-state index contributed by atoms with van der Waals surface area (Å²) in [6.45, 7) is 2.08. The Bertz CT molecular complexity index is 355. The van der Waals surface area contributed by atoms with Gasteiger partial charge in [0, 0.05) is 16.7 Å². The summed E-state index contributed by atoms with van der Waals surface area (Å²) in [5, 5.41) is 3.02. The lowest BCUT2D eigenvalue weighted by Crippen LogP contribution is -2.36. The van der Waals surface area contributed by atoms with Crippen molar-refractivity contribution in [1.82, 2.24) is 5.32 Å². The SMILES string of the molecule is CCC(CSC)NC(=O)c1ccccc1S. The van der Waals surface area contributed by atoms with Crippen LogP contribution in [0.25, 0.3) is 0 Å². The monoisotopic (exact) mass is 255 g/mol. The predicted octanol–water partition coefficient (Wildman–Crippen LogP) is 2.85. The summed E-state index contributed by atoms with van der Waals surface area (Å²) in [4.78, 5) is 12.7. The fourth-order valence-electron chi connectivity index (χ4n) is 1.39. The Kier molecular flexibility index (Phi) is 5.77. The summed E-state index contributed by atoms with van der Waals surface area (Å²) in [7, 11) is 0. The molecular weight excluding hydrogens is 238 g/mol. The van der Waals surface area contributed by atoms with E-state index in [1.165, 1.54) is 0 Å². The summed E-state index contributed by atoms with van der Waals surface area (Å²) in [6, 6.07) is 7.58. The number of hydrogen-bond acceptors (Lipinski definition) is 3. The Balaban J connectivity index is 2.68. The van der Waals surface area contributed by atoms with Crippen LogP contribution >= 0.6 is 24.4 Å². The first-order chi connectivity index (χ1) is 7.69. The van der Waals surface area contributed by atoms with Crippen LogP contribution in [0.5, 0.6) is 0 Å². The molecule has 0 aromatic heterocycles. The maximum Gasteiger partial charge on any atom is 0.252 e. The number of carbonyl (C=O) groups is 1. The Morgan fingerprint density at radius 1 is 1.50 bits per heavy atom. The van der Waals surface area contributed by atoms with Crippen LogP contribution in [-0.2, 0) is 0 Å². The van der Waals surface area contributed by atoms with E-state index >= 15 is 0 Å². The van der Waals surface area contributed by atoms with Gasteiger partial charge in [0.15, 0.2) is 0 Å². The van der Waals surface area contributed by atoms with Crippen molar-refractivity contribution in [2.24, 2.45) is 0 Å². The first kappa shape index (κ1) is 13.5. The number of thioether (sulfide) groups is 1. The number of carbonyl (C=O) groups excluding carboxylic acids is 1. The van der Waals surface area contributed by atoms with Gasteiger partial charge in [-0.3, -0.25) is 4.79 Å².